The number of carbonyl (C=O) groups is 2. The summed E-state index contributed by atoms with van der Waals surface area (Å²) in [7, 11) is 0. The summed E-state index contributed by atoms with van der Waals surface area (Å²) in [5.41, 5.74) is 5.51. The first-order chi connectivity index (χ1) is 13.0. The fraction of sp³-hybridized carbons (Fsp3) is 0.200. The predicted molar refractivity (Wildman–Crippen MR) is 107 cm³/mol. The molecule has 0 bridgehead atoms. The van der Waals surface area contributed by atoms with Crippen molar-refractivity contribution in [2.75, 3.05) is 13.2 Å². The van der Waals surface area contributed by atoms with Gasteiger partial charge in [-0.05, 0) is 48.9 Å². The Hall–Kier alpha value is -2.80. The van der Waals surface area contributed by atoms with Crippen molar-refractivity contribution in [1.82, 2.24) is 10.9 Å². The summed E-state index contributed by atoms with van der Waals surface area (Å²) in [5, 5.41) is 0. The van der Waals surface area contributed by atoms with Crippen molar-refractivity contribution in [3.63, 3.8) is 0 Å². The maximum Gasteiger partial charge on any atom is 0.273 e. The number of benzene rings is 2. The molecule has 0 heterocycles. The van der Waals surface area contributed by atoms with Crippen molar-refractivity contribution >= 4 is 27.7 Å². The highest BCUT2D eigenvalue weighted by Gasteiger charge is 2.15. The van der Waals surface area contributed by atoms with Crippen LogP contribution < -0.4 is 20.3 Å². The Bertz CT molecular complexity index is 806. The van der Waals surface area contributed by atoms with Gasteiger partial charge in [0, 0.05) is 10.0 Å². The Balaban J connectivity index is 1.99. The molecule has 2 amide bonds. The van der Waals surface area contributed by atoms with Gasteiger partial charge in [0.1, 0.15) is 18.1 Å². The molecular formula is C20H21BrN2O4. The Morgan fingerprint density at radius 2 is 1.78 bits per heavy atom. The quantitative estimate of drug-likeness (QED) is 0.490. The lowest BCUT2D eigenvalue weighted by atomic mass is 10.2. The van der Waals surface area contributed by atoms with Gasteiger partial charge in [0.25, 0.3) is 11.8 Å². The largest absolute Gasteiger partial charge is 0.493 e. The van der Waals surface area contributed by atoms with Crippen LogP contribution in [0.15, 0.2) is 59.6 Å². The van der Waals surface area contributed by atoms with Crippen molar-refractivity contribution < 1.29 is 19.1 Å². The van der Waals surface area contributed by atoms with E-state index in [1.165, 1.54) is 0 Å². The van der Waals surface area contributed by atoms with Crippen LogP contribution in [0, 0.1) is 0 Å². The van der Waals surface area contributed by atoms with E-state index in [0.717, 1.165) is 10.9 Å². The third kappa shape index (κ3) is 6.14. The zero-order valence-electron chi connectivity index (χ0n) is 15.0. The monoisotopic (exact) mass is 432 g/mol. The molecular weight excluding hydrogens is 412 g/mol. The summed E-state index contributed by atoms with van der Waals surface area (Å²) in [5.74, 6) is 0.171. The van der Waals surface area contributed by atoms with Gasteiger partial charge in [0.05, 0.1) is 12.2 Å². The van der Waals surface area contributed by atoms with E-state index in [9.17, 15) is 9.59 Å². The molecule has 7 heteroatoms. The van der Waals surface area contributed by atoms with E-state index in [-0.39, 0.29) is 0 Å². The molecule has 2 rings (SSSR count). The summed E-state index contributed by atoms with van der Waals surface area (Å²) < 4.78 is 11.7. The molecule has 142 valence electrons. The van der Waals surface area contributed by atoms with Crippen LogP contribution in [-0.2, 0) is 0 Å². The smallest absolute Gasteiger partial charge is 0.273 e. The predicted octanol–water partition coefficient (Wildman–Crippen LogP) is 3.88. The second-order valence-electron chi connectivity index (χ2n) is 5.52. The first kappa shape index (κ1) is 20.5. The SMILES string of the molecule is C=CCOc1ccc(C(=O)NNC(=O)c2cc(Br)ccc2OCCC)cc1. The normalized spacial score (nSPS) is 10.0. The van der Waals surface area contributed by atoms with E-state index in [1.54, 1.807) is 48.5 Å². The summed E-state index contributed by atoms with van der Waals surface area (Å²) in [6, 6.07) is 11.7. The first-order valence-corrected chi connectivity index (χ1v) is 9.21. The molecule has 0 aromatic heterocycles. The third-order valence-corrected chi connectivity index (χ3v) is 3.92. The minimum Gasteiger partial charge on any atom is -0.493 e. The van der Waals surface area contributed by atoms with E-state index >= 15 is 0 Å². The summed E-state index contributed by atoms with van der Waals surface area (Å²) in [6.45, 7) is 6.43. The summed E-state index contributed by atoms with van der Waals surface area (Å²) in [6.07, 6.45) is 2.46. The first-order valence-electron chi connectivity index (χ1n) is 8.42. The Morgan fingerprint density at radius 3 is 2.44 bits per heavy atom. The van der Waals surface area contributed by atoms with Crippen molar-refractivity contribution in [3.8, 4) is 11.5 Å². The molecule has 0 aliphatic heterocycles. The maximum atomic E-state index is 12.4. The zero-order chi connectivity index (χ0) is 19.6. The molecule has 0 saturated heterocycles. The molecule has 6 nitrogen and oxygen atoms in total. The van der Waals surface area contributed by atoms with Crippen molar-refractivity contribution in [3.05, 3.63) is 70.7 Å². The van der Waals surface area contributed by atoms with Crippen LogP contribution in [0.5, 0.6) is 11.5 Å². The lowest BCUT2D eigenvalue weighted by Gasteiger charge is -2.12. The van der Waals surface area contributed by atoms with E-state index in [1.807, 2.05) is 6.92 Å². The van der Waals surface area contributed by atoms with Crippen molar-refractivity contribution in [2.24, 2.45) is 0 Å². The molecule has 0 spiro atoms. The lowest BCUT2D eigenvalue weighted by Crippen LogP contribution is -2.41. The van der Waals surface area contributed by atoms with Crippen molar-refractivity contribution in [1.29, 1.82) is 0 Å². The highest BCUT2D eigenvalue weighted by atomic mass is 79.9. The maximum absolute atomic E-state index is 12.4. The number of halogens is 1. The van der Waals surface area contributed by atoms with Crippen molar-refractivity contribution in [2.45, 2.75) is 13.3 Å². The minimum absolute atomic E-state index is 0.325. The molecule has 0 aliphatic rings. The molecule has 0 fully saturated rings. The highest BCUT2D eigenvalue weighted by molar-refractivity contribution is 9.10. The van der Waals surface area contributed by atoms with E-state index in [4.69, 9.17) is 9.47 Å². The van der Waals surface area contributed by atoms with Crippen LogP contribution in [0.3, 0.4) is 0 Å². The lowest BCUT2D eigenvalue weighted by molar-refractivity contribution is 0.0844. The van der Waals surface area contributed by atoms with E-state index in [2.05, 4.69) is 33.4 Å². The number of hydrogen-bond donors (Lipinski definition) is 2. The van der Waals surface area contributed by atoms with Gasteiger partial charge in [-0.15, -0.1) is 0 Å². The molecule has 2 aromatic rings. The minimum atomic E-state index is -0.471. The molecule has 0 unspecified atom stereocenters. The average molecular weight is 433 g/mol. The number of hydrogen-bond acceptors (Lipinski definition) is 4. The van der Waals surface area contributed by atoms with Gasteiger partial charge in [-0.2, -0.15) is 0 Å². The van der Waals surface area contributed by atoms with E-state index < -0.39 is 11.8 Å². The molecule has 0 aliphatic carbocycles. The number of carbonyl (C=O) groups excluding carboxylic acids is 2. The Kier molecular flexibility index (Phi) is 7.88. The molecule has 0 radical (unpaired) electrons. The van der Waals surface area contributed by atoms with Crippen LogP contribution >= 0.6 is 15.9 Å². The zero-order valence-corrected chi connectivity index (χ0v) is 16.5. The number of amides is 2. The van der Waals surface area contributed by atoms with Gasteiger partial charge in [0.2, 0.25) is 0 Å². The molecule has 0 atom stereocenters. The standard InChI is InChI=1S/C20H21BrN2O4/c1-3-11-26-16-8-5-14(6-9-16)19(24)22-23-20(25)17-13-15(21)7-10-18(17)27-12-4-2/h3,5-10,13H,1,4,11-12H2,2H3,(H,22,24)(H,23,25). The Labute approximate surface area is 166 Å². The van der Waals surface area contributed by atoms with E-state index in [0.29, 0.717) is 35.8 Å². The van der Waals surface area contributed by atoms with Gasteiger partial charge >= 0.3 is 0 Å². The van der Waals surface area contributed by atoms with Crippen LogP contribution in [-0.4, -0.2) is 25.0 Å². The Morgan fingerprint density at radius 1 is 1.07 bits per heavy atom. The van der Waals surface area contributed by atoms with Gasteiger partial charge in [-0.3, -0.25) is 20.4 Å². The summed E-state index contributed by atoms with van der Waals surface area (Å²) in [4.78, 5) is 24.6. The second-order valence-corrected chi connectivity index (χ2v) is 6.44. The van der Waals surface area contributed by atoms with Crippen LogP contribution in [0.2, 0.25) is 0 Å². The average Bonchev–Trinajstić information content (AvgIpc) is 2.69. The van der Waals surface area contributed by atoms with Crippen LogP contribution in [0.1, 0.15) is 34.1 Å². The van der Waals surface area contributed by atoms with Gasteiger partial charge in [-0.1, -0.05) is 35.5 Å². The number of rotatable bonds is 8. The van der Waals surface area contributed by atoms with Crippen LogP contribution in [0.4, 0.5) is 0 Å². The fourth-order valence-corrected chi connectivity index (χ4v) is 2.49. The topological polar surface area (TPSA) is 76.7 Å². The molecule has 2 N–H and O–H groups in total. The number of ether oxygens (including phenoxy) is 2. The highest BCUT2D eigenvalue weighted by Crippen LogP contribution is 2.23. The van der Waals surface area contributed by atoms with Gasteiger partial charge in [0.15, 0.2) is 0 Å². The molecule has 0 saturated carbocycles. The van der Waals surface area contributed by atoms with Crippen LogP contribution in [0.25, 0.3) is 0 Å². The van der Waals surface area contributed by atoms with Gasteiger partial charge < -0.3 is 9.47 Å². The van der Waals surface area contributed by atoms with Gasteiger partial charge in [-0.25, -0.2) is 0 Å². The second kappa shape index (κ2) is 10.4. The summed E-state index contributed by atoms with van der Waals surface area (Å²) >= 11 is 3.33. The fourth-order valence-electron chi connectivity index (χ4n) is 2.13. The number of nitrogens with one attached hydrogen (secondary N) is 2. The third-order valence-electron chi connectivity index (χ3n) is 3.42. The molecule has 27 heavy (non-hydrogen) atoms. The number of hydrazine groups is 1. The molecule has 2 aromatic carbocycles.